The van der Waals surface area contributed by atoms with Crippen molar-refractivity contribution in [3.8, 4) is 0 Å². The Kier molecular flexibility index (Phi) is 5.53. The lowest BCUT2D eigenvalue weighted by Gasteiger charge is -2.09. The molecule has 0 amide bonds. The Morgan fingerprint density at radius 1 is 0.244 bits per heavy atom. The SMILES string of the molecule is c1ccc2c(c1)ccc1c3ccccc3c3ccccc3c3ccccc3oc3ccccc3c3ccccc3c21. The summed E-state index contributed by atoms with van der Waals surface area (Å²) in [6.45, 7) is 0. The lowest BCUT2D eigenvalue weighted by molar-refractivity contribution is 0.663. The number of benzene rings is 7. The van der Waals surface area contributed by atoms with Gasteiger partial charge in [0, 0.05) is 10.8 Å². The molecule has 8 rings (SSSR count). The summed E-state index contributed by atoms with van der Waals surface area (Å²) in [7, 11) is 0. The van der Waals surface area contributed by atoms with Crippen molar-refractivity contribution in [1.29, 1.82) is 0 Å². The molecule has 0 saturated heterocycles. The van der Waals surface area contributed by atoms with Crippen LogP contribution >= 0.6 is 0 Å². The third-order valence-electron chi connectivity index (χ3n) is 8.13. The largest absolute Gasteiger partial charge is 0.456 e. The van der Waals surface area contributed by atoms with Gasteiger partial charge >= 0.3 is 0 Å². The van der Waals surface area contributed by atoms with E-state index in [4.69, 9.17) is 4.42 Å². The molecular formula is C40H26O. The van der Waals surface area contributed by atoms with E-state index in [1.54, 1.807) is 0 Å². The van der Waals surface area contributed by atoms with Crippen LogP contribution < -0.4 is 0 Å². The molecule has 1 aromatic heterocycles. The van der Waals surface area contributed by atoms with E-state index in [0.717, 1.165) is 32.7 Å². The van der Waals surface area contributed by atoms with Gasteiger partial charge in [-0.05, 0) is 66.0 Å². The average molecular weight is 523 g/mol. The normalized spacial score (nSPS) is 11.4. The number of hydrogen-bond donors (Lipinski definition) is 0. The first-order valence-electron chi connectivity index (χ1n) is 14.0. The van der Waals surface area contributed by atoms with Crippen LogP contribution in [0.4, 0.5) is 0 Å². The summed E-state index contributed by atoms with van der Waals surface area (Å²) in [6, 6.07) is 56.2. The second-order valence-electron chi connectivity index (χ2n) is 10.4. The van der Waals surface area contributed by atoms with Crippen molar-refractivity contribution < 1.29 is 4.42 Å². The zero-order valence-corrected chi connectivity index (χ0v) is 22.4. The fourth-order valence-corrected chi connectivity index (χ4v) is 6.30. The Morgan fingerprint density at radius 2 is 0.585 bits per heavy atom. The maximum atomic E-state index is 6.83. The Bertz CT molecular complexity index is 2420. The number of hydrogen-bond acceptors (Lipinski definition) is 1. The quantitative estimate of drug-likeness (QED) is 0.193. The molecule has 0 bridgehead atoms. The zero-order chi connectivity index (χ0) is 27.2. The van der Waals surface area contributed by atoms with Gasteiger partial charge in [-0.1, -0.05) is 146 Å². The molecule has 41 heavy (non-hydrogen) atoms. The molecule has 0 N–H and O–H groups in total. The zero-order valence-electron chi connectivity index (χ0n) is 22.4. The van der Waals surface area contributed by atoms with E-state index in [1.165, 1.54) is 43.1 Å². The van der Waals surface area contributed by atoms with E-state index in [9.17, 15) is 0 Å². The number of rotatable bonds is 0. The fourth-order valence-electron chi connectivity index (χ4n) is 6.30. The van der Waals surface area contributed by atoms with E-state index < -0.39 is 0 Å². The van der Waals surface area contributed by atoms with Crippen LogP contribution in [0, 0.1) is 0 Å². The second kappa shape index (κ2) is 9.66. The van der Waals surface area contributed by atoms with Gasteiger partial charge < -0.3 is 4.42 Å². The van der Waals surface area contributed by atoms with Crippen LogP contribution in [-0.2, 0) is 0 Å². The monoisotopic (exact) mass is 522 g/mol. The predicted molar refractivity (Wildman–Crippen MR) is 177 cm³/mol. The third kappa shape index (κ3) is 3.86. The standard InChI is InChI=1S/C40H26O/c1-2-14-28-27(13-1)25-26-37-32-18-6-4-16-30(32)29-15-3-5-17-31(29)34-20-9-11-23-38(34)41-39-24-12-10-21-35(39)33-19-7-8-22-36(33)40(28)37/h1-26H. The van der Waals surface area contributed by atoms with Gasteiger partial charge in [-0.25, -0.2) is 0 Å². The van der Waals surface area contributed by atoms with Crippen molar-refractivity contribution >= 4 is 75.8 Å². The Morgan fingerprint density at radius 3 is 1.15 bits per heavy atom. The summed E-state index contributed by atoms with van der Waals surface area (Å²) < 4.78 is 6.83. The molecule has 7 aromatic carbocycles. The van der Waals surface area contributed by atoms with Gasteiger partial charge in [-0.15, -0.1) is 0 Å². The molecule has 1 heteroatoms. The van der Waals surface area contributed by atoms with E-state index in [1.807, 2.05) is 6.07 Å². The van der Waals surface area contributed by atoms with Crippen LogP contribution in [0.1, 0.15) is 0 Å². The average Bonchev–Trinajstić information content (AvgIpc) is 3.05. The van der Waals surface area contributed by atoms with Crippen LogP contribution in [0.3, 0.4) is 0 Å². The highest BCUT2D eigenvalue weighted by molar-refractivity contribution is 6.28. The van der Waals surface area contributed by atoms with Crippen LogP contribution in [0.15, 0.2) is 162 Å². The fraction of sp³-hybridized carbons (Fsp3) is 0. The molecule has 1 heterocycles. The predicted octanol–water partition coefficient (Wildman–Crippen LogP) is 11.6. The van der Waals surface area contributed by atoms with E-state index >= 15 is 0 Å². The lowest BCUT2D eigenvalue weighted by atomic mass is 9.94. The number of fused-ring (bicyclic) bond motifs is 13. The molecular weight excluding hydrogens is 496 g/mol. The van der Waals surface area contributed by atoms with Gasteiger partial charge in [0.15, 0.2) is 0 Å². The minimum absolute atomic E-state index is 0.837. The molecule has 0 fully saturated rings. The third-order valence-corrected chi connectivity index (χ3v) is 8.13. The summed E-state index contributed by atoms with van der Waals surface area (Å²) in [5.41, 5.74) is 1.67. The van der Waals surface area contributed by atoms with Gasteiger partial charge in [-0.2, -0.15) is 0 Å². The summed E-state index contributed by atoms with van der Waals surface area (Å²) >= 11 is 0. The molecule has 192 valence electrons. The van der Waals surface area contributed by atoms with Crippen molar-refractivity contribution in [2.75, 3.05) is 0 Å². The van der Waals surface area contributed by atoms with Crippen molar-refractivity contribution in [2.24, 2.45) is 0 Å². The highest BCUT2D eigenvalue weighted by Crippen LogP contribution is 2.37. The van der Waals surface area contributed by atoms with Crippen molar-refractivity contribution in [3.63, 3.8) is 0 Å². The molecule has 1 nitrogen and oxygen atoms in total. The van der Waals surface area contributed by atoms with Crippen molar-refractivity contribution in [3.05, 3.63) is 158 Å². The van der Waals surface area contributed by atoms with Crippen LogP contribution in [0.25, 0.3) is 75.8 Å². The summed E-state index contributed by atoms with van der Waals surface area (Å²) in [4.78, 5) is 0. The van der Waals surface area contributed by atoms with E-state index in [-0.39, 0.29) is 0 Å². The van der Waals surface area contributed by atoms with Gasteiger partial charge in [0.2, 0.25) is 0 Å². The van der Waals surface area contributed by atoms with Crippen LogP contribution in [0.2, 0.25) is 0 Å². The summed E-state index contributed by atoms with van der Waals surface area (Å²) in [6.07, 6.45) is 0. The molecule has 8 aromatic rings. The Balaban J connectivity index is 1.85. The number of para-hydroxylation sites is 2. The maximum Gasteiger partial charge on any atom is 0.135 e. The van der Waals surface area contributed by atoms with E-state index in [0.29, 0.717) is 0 Å². The highest BCUT2D eigenvalue weighted by atomic mass is 16.3. The molecule has 0 atom stereocenters. The van der Waals surface area contributed by atoms with Gasteiger partial charge in [0.05, 0.1) is 0 Å². The first-order chi connectivity index (χ1) is 20.4. The maximum absolute atomic E-state index is 6.83. The molecule has 0 aliphatic heterocycles. The minimum Gasteiger partial charge on any atom is -0.456 e. The van der Waals surface area contributed by atoms with E-state index in [2.05, 4.69) is 152 Å². The molecule has 0 unspecified atom stereocenters. The van der Waals surface area contributed by atoms with Gasteiger partial charge in [0.25, 0.3) is 0 Å². The Hall–Kier alpha value is -5.40. The van der Waals surface area contributed by atoms with Crippen LogP contribution in [-0.4, -0.2) is 0 Å². The van der Waals surface area contributed by atoms with Crippen molar-refractivity contribution in [2.45, 2.75) is 0 Å². The molecule has 0 spiro atoms. The van der Waals surface area contributed by atoms with Crippen molar-refractivity contribution in [1.82, 2.24) is 0 Å². The first kappa shape index (κ1) is 23.5. The smallest absolute Gasteiger partial charge is 0.135 e. The molecule has 0 saturated carbocycles. The molecule has 0 aliphatic rings. The molecule has 0 aliphatic carbocycles. The van der Waals surface area contributed by atoms with Crippen LogP contribution in [0.5, 0.6) is 0 Å². The summed E-state index contributed by atoms with van der Waals surface area (Å²) in [5, 5.41) is 14.1. The topological polar surface area (TPSA) is 13.1 Å². The first-order valence-corrected chi connectivity index (χ1v) is 14.0. The summed E-state index contributed by atoms with van der Waals surface area (Å²) in [5.74, 6) is 0. The lowest BCUT2D eigenvalue weighted by Crippen LogP contribution is -1.81. The molecule has 0 radical (unpaired) electrons. The Labute approximate surface area is 237 Å². The highest BCUT2D eigenvalue weighted by Gasteiger charge is 2.09. The van der Waals surface area contributed by atoms with Gasteiger partial charge in [0.1, 0.15) is 11.2 Å². The van der Waals surface area contributed by atoms with Gasteiger partial charge in [-0.3, -0.25) is 0 Å². The minimum atomic E-state index is 0.837. The second-order valence-corrected chi connectivity index (χ2v) is 10.4.